The third-order valence-corrected chi connectivity index (χ3v) is 6.08. The van der Waals surface area contributed by atoms with E-state index in [9.17, 15) is 4.79 Å². The lowest BCUT2D eigenvalue weighted by atomic mass is 10.1. The Labute approximate surface area is 189 Å². The van der Waals surface area contributed by atoms with Crippen molar-refractivity contribution >= 4 is 28.6 Å². The average Bonchev–Trinajstić information content (AvgIpc) is 3.37. The number of aromatic nitrogens is 2. The SMILES string of the molecule is CC(NC(=O)CSc1nc(-c2ccco2)nc2ccccc12)c1ccc2c(c1)OCCO2. The Morgan fingerprint density at radius 1 is 1.06 bits per heavy atom. The molecule has 0 spiro atoms. The summed E-state index contributed by atoms with van der Waals surface area (Å²) in [5.41, 5.74) is 1.77. The summed E-state index contributed by atoms with van der Waals surface area (Å²) in [4.78, 5) is 21.9. The van der Waals surface area contributed by atoms with Gasteiger partial charge in [0, 0.05) is 5.39 Å². The Morgan fingerprint density at radius 2 is 1.91 bits per heavy atom. The predicted molar refractivity (Wildman–Crippen MR) is 122 cm³/mol. The van der Waals surface area contributed by atoms with Gasteiger partial charge in [-0.2, -0.15) is 0 Å². The Bertz CT molecular complexity index is 1260. The van der Waals surface area contributed by atoms with Crippen LogP contribution in [0.3, 0.4) is 0 Å². The van der Waals surface area contributed by atoms with E-state index in [4.69, 9.17) is 13.9 Å². The molecule has 5 rings (SSSR count). The number of nitrogens with one attached hydrogen (secondary N) is 1. The molecule has 2 aromatic carbocycles. The second kappa shape index (κ2) is 8.92. The normalized spacial score (nSPS) is 13.7. The van der Waals surface area contributed by atoms with Gasteiger partial charge in [-0.1, -0.05) is 36.0 Å². The fourth-order valence-corrected chi connectivity index (χ4v) is 4.33. The Morgan fingerprint density at radius 3 is 2.75 bits per heavy atom. The van der Waals surface area contributed by atoms with E-state index in [-0.39, 0.29) is 17.7 Å². The van der Waals surface area contributed by atoms with Crippen molar-refractivity contribution in [3.05, 3.63) is 66.4 Å². The van der Waals surface area contributed by atoms with E-state index < -0.39 is 0 Å². The molecule has 0 saturated carbocycles. The highest BCUT2D eigenvalue weighted by Gasteiger charge is 2.17. The summed E-state index contributed by atoms with van der Waals surface area (Å²) in [6.07, 6.45) is 1.59. The summed E-state index contributed by atoms with van der Waals surface area (Å²) < 4.78 is 16.7. The van der Waals surface area contributed by atoms with Crippen molar-refractivity contribution < 1.29 is 18.7 Å². The van der Waals surface area contributed by atoms with E-state index in [2.05, 4.69) is 15.3 Å². The van der Waals surface area contributed by atoms with Crippen molar-refractivity contribution in [3.63, 3.8) is 0 Å². The van der Waals surface area contributed by atoms with Crippen LogP contribution in [0.4, 0.5) is 0 Å². The van der Waals surface area contributed by atoms with Crippen LogP contribution in [-0.4, -0.2) is 34.8 Å². The summed E-state index contributed by atoms with van der Waals surface area (Å²) in [6, 6.07) is 16.9. The van der Waals surface area contributed by atoms with Crippen LogP contribution >= 0.6 is 11.8 Å². The zero-order chi connectivity index (χ0) is 21.9. The van der Waals surface area contributed by atoms with E-state index >= 15 is 0 Å². The molecule has 2 aromatic heterocycles. The number of rotatable bonds is 6. The van der Waals surface area contributed by atoms with E-state index in [1.54, 1.807) is 12.3 Å². The Kier molecular flexibility index (Phi) is 5.68. The Balaban J connectivity index is 1.29. The molecule has 1 aliphatic rings. The lowest BCUT2D eigenvalue weighted by molar-refractivity contribution is -0.119. The highest BCUT2D eigenvalue weighted by atomic mass is 32.2. The minimum absolute atomic E-state index is 0.0837. The maximum Gasteiger partial charge on any atom is 0.230 e. The number of thioether (sulfide) groups is 1. The molecule has 1 N–H and O–H groups in total. The van der Waals surface area contributed by atoms with Gasteiger partial charge in [-0.25, -0.2) is 9.97 Å². The largest absolute Gasteiger partial charge is 0.486 e. The predicted octanol–water partition coefficient (Wildman–Crippen LogP) is 4.63. The molecule has 1 aliphatic heterocycles. The van der Waals surface area contributed by atoms with Crippen LogP contribution in [0.2, 0.25) is 0 Å². The first-order valence-electron chi connectivity index (χ1n) is 10.3. The minimum Gasteiger partial charge on any atom is -0.486 e. The third kappa shape index (κ3) is 4.27. The molecule has 32 heavy (non-hydrogen) atoms. The number of carbonyl (C=O) groups is 1. The molecule has 4 aromatic rings. The summed E-state index contributed by atoms with van der Waals surface area (Å²) in [7, 11) is 0. The van der Waals surface area contributed by atoms with Crippen LogP contribution in [0.15, 0.2) is 70.3 Å². The van der Waals surface area contributed by atoms with Crippen molar-refractivity contribution in [2.45, 2.75) is 18.0 Å². The van der Waals surface area contributed by atoms with Gasteiger partial charge in [0.1, 0.15) is 18.2 Å². The molecule has 162 valence electrons. The van der Waals surface area contributed by atoms with E-state index in [1.807, 2.05) is 55.5 Å². The maximum absolute atomic E-state index is 12.7. The molecule has 0 aliphatic carbocycles. The van der Waals surface area contributed by atoms with Crippen molar-refractivity contribution in [3.8, 4) is 23.1 Å². The number of hydrogen-bond acceptors (Lipinski definition) is 7. The number of furan rings is 1. The molecular formula is C24H21N3O4S. The lowest BCUT2D eigenvalue weighted by Crippen LogP contribution is -2.28. The van der Waals surface area contributed by atoms with Gasteiger partial charge in [-0.15, -0.1) is 0 Å². The fraction of sp³-hybridized carbons (Fsp3) is 0.208. The minimum atomic E-state index is -0.167. The molecule has 0 radical (unpaired) electrons. The van der Waals surface area contributed by atoms with Gasteiger partial charge in [-0.3, -0.25) is 4.79 Å². The zero-order valence-corrected chi connectivity index (χ0v) is 18.2. The quantitative estimate of drug-likeness (QED) is 0.341. The van der Waals surface area contributed by atoms with Gasteiger partial charge in [0.15, 0.2) is 23.1 Å². The van der Waals surface area contributed by atoms with Crippen LogP contribution in [-0.2, 0) is 4.79 Å². The maximum atomic E-state index is 12.7. The standard InChI is InChI=1S/C24H21N3O4S/c1-15(16-8-9-19-21(13-16)31-12-11-30-19)25-22(28)14-32-24-17-5-2-3-6-18(17)26-23(27-24)20-7-4-10-29-20/h2-10,13,15H,11-12,14H2,1H3,(H,25,28). The zero-order valence-electron chi connectivity index (χ0n) is 17.4. The van der Waals surface area contributed by atoms with Gasteiger partial charge in [0.05, 0.1) is 23.6 Å². The number of amides is 1. The van der Waals surface area contributed by atoms with Crippen LogP contribution in [0.5, 0.6) is 11.5 Å². The lowest BCUT2D eigenvalue weighted by Gasteiger charge is -2.21. The molecule has 0 bridgehead atoms. The van der Waals surface area contributed by atoms with Crippen LogP contribution in [0.1, 0.15) is 18.5 Å². The molecule has 8 heteroatoms. The fourth-order valence-electron chi connectivity index (χ4n) is 3.50. The highest BCUT2D eigenvalue weighted by molar-refractivity contribution is 8.00. The van der Waals surface area contributed by atoms with Crippen LogP contribution in [0.25, 0.3) is 22.5 Å². The first-order valence-corrected chi connectivity index (χ1v) is 11.3. The average molecular weight is 448 g/mol. The third-order valence-electron chi connectivity index (χ3n) is 5.09. The van der Waals surface area contributed by atoms with Gasteiger partial charge in [0.2, 0.25) is 5.91 Å². The van der Waals surface area contributed by atoms with Crippen molar-refractivity contribution in [1.29, 1.82) is 0 Å². The summed E-state index contributed by atoms with van der Waals surface area (Å²) in [6.45, 7) is 3.03. The molecular weight excluding hydrogens is 426 g/mol. The molecule has 3 heterocycles. The van der Waals surface area contributed by atoms with Gasteiger partial charge < -0.3 is 19.2 Å². The van der Waals surface area contributed by atoms with E-state index in [0.717, 1.165) is 27.2 Å². The van der Waals surface area contributed by atoms with E-state index in [1.165, 1.54) is 11.8 Å². The number of hydrogen-bond donors (Lipinski definition) is 1. The molecule has 0 fully saturated rings. The Hall–Kier alpha value is -3.52. The topological polar surface area (TPSA) is 86.5 Å². The number of fused-ring (bicyclic) bond motifs is 2. The van der Waals surface area contributed by atoms with Crippen molar-refractivity contribution in [1.82, 2.24) is 15.3 Å². The monoisotopic (exact) mass is 447 g/mol. The second-order valence-corrected chi connectivity index (χ2v) is 8.29. The second-order valence-electron chi connectivity index (χ2n) is 7.33. The molecule has 1 atom stereocenters. The highest BCUT2D eigenvalue weighted by Crippen LogP contribution is 2.33. The van der Waals surface area contributed by atoms with Gasteiger partial charge in [-0.05, 0) is 42.8 Å². The number of para-hydroxylation sites is 1. The molecule has 1 amide bonds. The molecule has 0 saturated heterocycles. The first kappa shape index (κ1) is 20.4. The van der Waals surface area contributed by atoms with Crippen LogP contribution in [0, 0.1) is 0 Å². The number of benzene rings is 2. The van der Waals surface area contributed by atoms with Crippen molar-refractivity contribution in [2.24, 2.45) is 0 Å². The summed E-state index contributed by atoms with van der Waals surface area (Å²) in [5, 5.41) is 4.69. The van der Waals surface area contributed by atoms with Gasteiger partial charge in [0.25, 0.3) is 0 Å². The summed E-state index contributed by atoms with van der Waals surface area (Å²) in [5.74, 6) is 2.68. The molecule has 7 nitrogen and oxygen atoms in total. The van der Waals surface area contributed by atoms with E-state index in [0.29, 0.717) is 30.5 Å². The number of carbonyl (C=O) groups excluding carboxylic acids is 1. The summed E-state index contributed by atoms with van der Waals surface area (Å²) >= 11 is 1.38. The number of nitrogens with zero attached hydrogens (tertiary/aromatic N) is 2. The number of ether oxygens (including phenoxy) is 2. The first-order chi connectivity index (χ1) is 15.7. The smallest absolute Gasteiger partial charge is 0.230 e. The van der Waals surface area contributed by atoms with Crippen molar-refractivity contribution in [2.75, 3.05) is 19.0 Å². The van der Waals surface area contributed by atoms with Crippen LogP contribution < -0.4 is 14.8 Å². The molecule has 1 unspecified atom stereocenters. The van der Waals surface area contributed by atoms with Gasteiger partial charge >= 0.3 is 0 Å².